The Morgan fingerprint density at radius 3 is 2.75 bits per heavy atom. The molecule has 84 valence electrons. The molecule has 1 aromatic rings. The summed E-state index contributed by atoms with van der Waals surface area (Å²) >= 11 is 0. The summed E-state index contributed by atoms with van der Waals surface area (Å²) in [6, 6.07) is 5.13. The molecule has 0 spiro atoms. The number of aromatic nitrogens is 1. The molecule has 5 heteroatoms. The van der Waals surface area contributed by atoms with Gasteiger partial charge in [-0.2, -0.15) is 5.26 Å². The number of pyridine rings is 1. The molecule has 0 aromatic carbocycles. The molecule has 16 heavy (non-hydrogen) atoms. The van der Waals surface area contributed by atoms with E-state index in [9.17, 15) is 4.39 Å². The van der Waals surface area contributed by atoms with Gasteiger partial charge in [-0.15, -0.1) is 0 Å². The van der Waals surface area contributed by atoms with Gasteiger partial charge in [0.2, 0.25) is 0 Å². The maximum absolute atomic E-state index is 13.4. The van der Waals surface area contributed by atoms with Crippen LogP contribution in [0.15, 0.2) is 18.3 Å². The van der Waals surface area contributed by atoms with Gasteiger partial charge in [0.15, 0.2) is 11.6 Å². The van der Waals surface area contributed by atoms with E-state index in [4.69, 9.17) is 5.26 Å². The minimum atomic E-state index is -0.281. The largest absolute Gasteiger partial charge is 0.352 e. The number of nitrogens with zero attached hydrogens (tertiary/aromatic N) is 4. The van der Waals surface area contributed by atoms with E-state index in [0.717, 1.165) is 26.2 Å². The standard InChI is InChI=1S/C11H13FN4/c12-10-2-1-4-14-11(10)16-8-6-15(5-3-13)7-9-16/h1-2,4H,5-9H2. The van der Waals surface area contributed by atoms with Crippen molar-refractivity contribution in [1.82, 2.24) is 9.88 Å². The molecular weight excluding hydrogens is 207 g/mol. The maximum Gasteiger partial charge on any atom is 0.165 e. The van der Waals surface area contributed by atoms with Crippen LogP contribution in [0.25, 0.3) is 0 Å². The molecule has 0 unspecified atom stereocenters. The molecule has 1 fully saturated rings. The SMILES string of the molecule is N#CCN1CCN(c2ncccc2F)CC1. The van der Waals surface area contributed by atoms with Crippen LogP contribution in [0, 0.1) is 17.1 Å². The summed E-state index contributed by atoms with van der Waals surface area (Å²) in [5.74, 6) is 0.135. The first-order valence-electron chi connectivity index (χ1n) is 5.26. The Bertz CT molecular complexity index is 393. The van der Waals surface area contributed by atoms with Crippen LogP contribution in [-0.2, 0) is 0 Å². The number of rotatable bonds is 2. The molecule has 0 atom stereocenters. The lowest BCUT2D eigenvalue weighted by Gasteiger charge is -2.34. The summed E-state index contributed by atoms with van der Waals surface area (Å²) in [4.78, 5) is 8.01. The molecule has 0 saturated carbocycles. The van der Waals surface area contributed by atoms with Crippen molar-refractivity contribution in [2.75, 3.05) is 37.6 Å². The van der Waals surface area contributed by atoms with E-state index < -0.39 is 0 Å². The molecule has 2 heterocycles. The number of hydrogen-bond donors (Lipinski definition) is 0. The zero-order valence-electron chi connectivity index (χ0n) is 8.93. The highest BCUT2D eigenvalue weighted by molar-refractivity contribution is 5.40. The molecule has 1 aliphatic rings. The molecular formula is C11H13FN4. The first-order chi connectivity index (χ1) is 7.81. The van der Waals surface area contributed by atoms with Crippen LogP contribution in [0.5, 0.6) is 0 Å². The predicted molar refractivity (Wildman–Crippen MR) is 58.5 cm³/mol. The zero-order chi connectivity index (χ0) is 11.4. The molecule has 0 amide bonds. The van der Waals surface area contributed by atoms with Gasteiger partial charge in [0.25, 0.3) is 0 Å². The van der Waals surface area contributed by atoms with Gasteiger partial charge in [-0.3, -0.25) is 4.90 Å². The maximum atomic E-state index is 13.4. The molecule has 2 rings (SSSR count). The lowest BCUT2D eigenvalue weighted by atomic mass is 10.3. The van der Waals surface area contributed by atoms with Crippen molar-refractivity contribution in [3.8, 4) is 6.07 Å². The summed E-state index contributed by atoms with van der Waals surface area (Å²) in [5.41, 5.74) is 0. The van der Waals surface area contributed by atoms with Gasteiger partial charge in [0.1, 0.15) is 0 Å². The number of nitriles is 1. The smallest absolute Gasteiger partial charge is 0.165 e. The first kappa shape index (κ1) is 10.8. The van der Waals surface area contributed by atoms with Crippen molar-refractivity contribution < 1.29 is 4.39 Å². The van der Waals surface area contributed by atoms with Gasteiger partial charge in [-0.1, -0.05) is 0 Å². The van der Waals surface area contributed by atoms with Crippen LogP contribution in [0.1, 0.15) is 0 Å². The number of piperazine rings is 1. The minimum absolute atomic E-state index is 0.281. The Labute approximate surface area is 93.9 Å². The molecule has 0 bridgehead atoms. The van der Waals surface area contributed by atoms with Gasteiger partial charge in [0.05, 0.1) is 12.6 Å². The van der Waals surface area contributed by atoms with Gasteiger partial charge in [-0.25, -0.2) is 9.37 Å². The van der Waals surface area contributed by atoms with Crippen molar-refractivity contribution >= 4 is 5.82 Å². The number of halogens is 1. The van der Waals surface area contributed by atoms with E-state index in [2.05, 4.69) is 16.0 Å². The van der Waals surface area contributed by atoms with Crippen LogP contribution < -0.4 is 4.90 Å². The molecule has 0 radical (unpaired) electrons. The number of hydrogen-bond acceptors (Lipinski definition) is 4. The van der Waals surface area contributed by atoms with Crippen LogP contribution in [0.4, 0.5) is 10.2 Å². The van der Waals surface area contributed by atoms with Crippen LogP contribution in [-0.4, -0.2) is 42.6 Å². The highest BCUT2D eigenvalue weighted by atomic mass is 19.1. The lowest BCUT2D eigenvalue weighted by Crippen LogP contribution is -2.47. The van der Waals surface area contributed by atoms with E-state index in [0.29, 0.717) is 12.4 Å². The lowest BCUT2D eigenvalue weighted by molar-refractivity contribution is 0.285. The van der Waals surface area contributed by atoms with Crippen molar-refractivity contribution in [2.24, 2.45) is 0 Å². The van der Waals surface area contributed by atoms with Crippen molar-refractivity contribution in [1.29, 1.82) is 5.26 Å². The van der Waals surface area contributed by atoms with Gasteiger partial charge >= 0.3 is 0 Å². The average molecular weight is 220 g/mol. The summed E-state index contributed by atoms with van der Waals surface area (Å²) in [6.07, 6.45) is 1.60. The van der Waals surface area contributed by atoms with E-state index in [1.807, 2.05) is 4.90 Å². The van der Waals surface area contributed by atoms with Gasteiger partial charge in [-0.05, 0) is 12.1 Å². The fourth-order valence-electron chi connectivity index (χ4n) is 1.83. The molecule has 1 saturated heterocycles. The summed E-state index contributed by atoms with van der Waals surface area (Å²) in [5, 5.41) is 8.57. The van der Waals surface area contributed by atoms with E-state index >= 15 is 0 Å². The fourth-order valence-corrected chi connectivity index (χ4v) is 1.83. The van der Waals surface area contributed by atoms with Crippen molar-refractivity contribution in [3.05, 3.63) is 24.1 Å². The van der Waals surface area contributed by atoms with Gasteiger partial charge in [0, 0.05) is 32.4 Å². The Kier molecular flexibility index (Phi) is 3.32. The van der Waals surface area contributed by atoms with Crippen molar-refractivity contribution in [3.63, 3.8) is 0 Å². The third kappa shape index (κ3) is 2.28. The van der Waals surface area contributed by atoms with Crippen LogP contribution in [0.3, 0.4) is 0 Å². The van der Waals surface area contributed by atoms with Crippen LogP contribution >= 0.6 is 0 Å². The average Bonchev–Trinajstić information content (AvgIpc) is 2.31. The Hall–Kier alpha value is -1.67. The Balaban J connectivity index is 2.00. The normalized spacial score (nSPS) is 17.1. The third-order valence-electron chi connectivity index (χ3n) is 2.71. The molecule has 0 N–H and O–H groups in total. The fraction of sp³-hybridized carbons (Fsp3) is 0.455. The monoisotopic (exact) mass is 220 g/mol. The van der Waals surface area contributed by atoms with Crippen molar-refractivity contribution in [2.45, 2.75) is 0 Å². The Morgan fingerprint density at radius 2 is 2.12 bits per heavy atom. The Morgan fingerprint density at radius 1 is 1.38 bits per heavy atom. The summed E-state index contributed by atoms with van der Waals surface area (Å²) in [7, 11) is 0. The third-order valence-corrected chi connectivity index (χ3v) is 2.71. The van der Waals surface area contributed by atoms with E-state index in [1.54, 1.807) is 12.3 Å². The molecule has 0 aliphatic carbocycles. The van der Waals surface area contributed by atoms with Gasteiger partial charge < -0.3 is 4.90 Å². The van der Waals surface area contributed by atoms with Crippen LogP contribution in [0.2, 0.25) is 0 Å². The zero-order valence-corrected chi connectivity index (χ0v) is 8.93. The second kappa shape index (κ2) is 4.90. The molecule has 1 aliphatic heterocycles. The highest BCUT2D eigenvalue weighted by Crippen LogP contribution is 2.16. The van der Waals surface area contributed by atoms with E-state index in [-0.39, 0.29) is 5.82 Å². The highest BCUT2D eigenvalue weighted by Gasteiger charge is 2.19. The van der Waals surface area contributed by atoms with E-state index in [1.165, 1.54) is 6.07 Å². The topological polar surface area (TPSA) is 43.2 Å². The minimum Gasteiger partial charge on any atom is -0.352 e. The second-order valence-electron chi connectivity index (χ2n) is 3.73. The quantitative estimate of drug-likeness (QED) is 0.693. The summed E-state index contributed by atoms with van der Waals surface area (Å²) < 4.78 is 13.4. The molecule has 4 nitrogen and oxygen atoms in total. The first-order valence-corrected chi connectivity index (χ1v) is 5.26. The molecule has 1 aromatic heterocycles. The summed E-state index contributed by atoms with van der Waals surface area (Å²) in [6.45, 7) is 3.44. The predicted octanol–water partition coefficient (Wildman–Crippen LogP) is 0.866. The number of anilines is 1. The second-order valence-corrected chi connectivity index (χ2v) is 3.73.